The third-order valence-electron chi connectivity index (χ3n) is 10.3. The van der Waals surface area contributed by atoms with Crippen LogP contribution in [-0.2, 0) is 0 Å². The summed E-state index contributed by atoms with van der Waals surface area (Å²) in [6.07, 6.45) is 10.3. The van der Waals surface area contributed by atoms with Crippen molar-refractivity contribution >= 4 is 27.5 Å². The molecule has 4 aliphatic rings. The van der Waals surface area contributed by atoms with Gasteiger partial charge in [-0.05, 0) is 57.0 Å². The summed E-state index contributed by atoms with van der Waals surface area (Å²) in [5.74, 6) is 0.229. The molecule has 9 rings (SSSR count). The molecular weight excluding hydrogens is 557 g/mol. The van der Waals surface area contributed by atoms with E-state index in [-0.39, 0.29) is 22.8 Å². The highest BCUT2D eigenvalue weighted by Gasteiger charge is 2.45. The molecule has 0 spiro atoms. The third kappa shape index (κ3) is 4.16. The van der Waals surface area contributed by atoms with Gasteiger partial charge in [0.1, 0.15) is 29.3 Å². The Hall–Kier alpha value is -4.22. The topological polar surface area (TPSA) is 108 Å². The maximum absolute atomic E-state index is 16.9. The fourth-order valence-electron chi connectivity index (χ4n) is 8.23. The number of anilines is 1. The van der Waals surface area contributed by atoms with Gasteiger partial charge in [-0.2, -0.15) is 25.4 Å². The van der Waals surface area contributed by atoms with Gasteiger partial charge < -0.3 is 15.0 Å². The summed E-state index contributed by atoms with van der Waals surface area (Å²) in [5.41, 5.74) is 2.73. The molecule has 2 N–H and O–H groups in total. The lowest BCUT2D eigenvalue weighted by molar-refractivity contribution is 0.108. The van der Waals surface area contributed by atoms with E-state index in [2.05, 4.69) is 30.5 Å². The monoisotopic (exact) mass is 591 g/mol. The van der Waals surface area contributed by atoms with Crippen LogP contribution in [0.4, 0.5) is 10.2 Å². The second-order valence-electron chi connectivity index (χ2n) is 12.8. The zero-order valence-corrected chi connectivity index (χ0v) is 24.5. The van der Waals surface area contributed by atoms with E-state index >= 15 is 4.39 Å². The van der Waals surface area contributed by atoms with Crippen molar-refractivity contribution in [2.45, 2.75) is 56.1 Å². The van der Waals surface area contributed by atoms with Gasteiger partial charge in [0.25, 0.3) is 0 Å². The first-order valence-corrected chi connectivity index (χ1v) is 15.8. The molecule has 0 saturated carbocycles. The third-order valence-corrected chi connectivity index (χ3v) is 10.3. The van der Waals surface area contributed by atoms with E-state index in [0.29, 0.717) is 41.2 Å². The van der Waals surface area contributed by atoms with Gasteiger partial charge in [0, 0.05) is 47.9 Å². The van der Waals surface area contributed by atoms with Crippen LogP contribution >= 0.6 is 0 Å². The summed E-state index contributed by atoms with van der Waals surface area (Å²) in [6, 6.07) is 12.9. The molecule has 0 amide bonds. The number of H-pyrrole nitrogens is 1. The van der Waals surface area contributed by atoms with Crippen LogP contribution in [-0.4, -0.2) is 85.7 Å². The van der Waals surface area contributed by atoms with Gasteiger partial charge in [-0.3, -0.25) is 9.88 Å². The van der Waals surface area contributed by atoms with Crippen LogP contribution in [0.2, 0.25) is 0 Å². The molecule has 0 aliphatic carbocycles. The second-order valence-corrected chi connectivity index (χ2v) is 12.8. The maximum Gasteiger partial charge on any atom is 0.319 e. The normalized spacial score (nSPS) is 22.7. The molecule has 10 nitrogen and oxygen atoms in total. The van der Waals surface area contributed by atoms with E-state index in [9.17, 15) is 0 Å². The Morgan fingerprint density at radius 3 is 2.48 bits per heavy atom. The molecule has 2 atom stereocenters. The van der Waals surface area contributed by atoms with Crippen molar-refractivity contribution in [1.82, 2.24) is 40.6 Å². The van der Waals surface area contributed by atoms with Crippen LogP contribution in [0.25, 0.3) is 44.2 Å². The minimum atomic E-state index is -0.474. The number of nitrogens with zero attached hydrogens (tertiary/aromatic N) is 7. The van der Waals surface area contributed by atoms with E-state index in [0.717, 1.165) is 68.2 Å². The number of rotatable bonds is 6. The average Bonchev–Trinajstić information content (AvgIpc) is 3.85. The number of fused-ring (bicyclic) bond motifs is 5. The number of aromatic amines is 1. The molecule has 224 valence electrons. The predicted molar refractivity (Wildman–Crippen MR) is 166 cm³/mol. The van der Waals surface area contributed by atoms with Gasteiger partial charge in [0.05, 0.1) is 17.1 Å². The number of piperazine rings is 1. The minimum Gasteiger partial charge on any atom is -0.461 e. The van der Waals surface area contributed by atoms with E-state index in [1.165, 1.54) is 12.8 Å². The van der Waals surface area contributed by atoms with Crippen molar-refractivity contribution in [3.63, 3.8) is 0 Å². The van der Waals surface area contributed by atoms with Crippen molar-refractivity contribution < 1.29 is 9.13 Å². The summed E-state index contributed by atoms with van der Waals surface area (Å²) >= 11 is 0. The zero-order chi connectivity index (χ0) is 29.3. The molecule has 3 aromatic heterocycles. The number of nitrogens with one attached hydrogen (secondary N) is 2. The molecule has 4 fully saturated rings. The van der Waals surface area contributed by atoms with Crippen LogP contribution in [0.3, 0.4) is 0 Å². The quantitative estimate of drug-likeness (QED) is 0.290. The Balaban J connectivity index is 1.19. The van der Waals surface area contributed by atoms with Crippen molar-refractivity contribution in [1.29, 1.82) is 0 Å². The lowest BCUT2D eigenvalue weighted by Crippen LogP contribution is -2.51. The molecule has 2 unspecified atom stereocenters. The Bertz CT molecular complexity index is 1850. The SMILES string of the molecule is Fc1c(-c2cccc3cccc(-c4cn[nH]n4)c23)ncc2c(N3CC4CCC(C3)N4)nc(OCC34CCCN3CCC4)nc12. The molecule has 7 heterocycles. The van der Waals surface area contributed by atoms with E-state index in [1.54, 1.807) is 12.4 Å². The fourth-order valence-corrected chi connectivity index (χ4v) is 8.23. The van der Waals surface area contributed by atoms with E-state index in [4.69, 9.17) is 19.7 Å². The highest BCUT2D eigenvalue weighted by atomic mass is 19.1. The molecule has 4 saturated heterocycles. The maximum atomic E-state index is 16.9. The number of halogens is 1. The highest BCUT2D eigenvalue weighted by molar-refractivity contribution is 6.06. The largest absolute Gasteiger partial charge is 0.461 e. The van der Waals surface area contributed by atoms with Gasteiger partial charge in [0.2, 0.25) is 0 Å². The number of aromatic nitrogens is 6. The standard InChI is InChI=1S/C33H34FN9O/c34-28-29(24-8-2-6-20-5-1-7-23(27(20)24)26-16-36-41-40-26)35-15-25-30(28)38-32(44-19-33-11-3-13-43(33)14-4-12-33)39-31(25)42-17-21-9-10-22(18-42)37-21/h1-2,5-8,15-16,21-22,37H,3-4,9-14,17-19H2,(H,36,40,41). The van der Waals surface area contributed by atoms with Crippen molar-refractivity contribution in [2.24, 2.45) is 0 Å². The van der Waals surface area contributed by atoms with Gasteiger partial charge in [-0.15, -0.1) is 0 Å². The van der Waals surface area contributed by atoms with Crippen molar-refractivity contribution in [3.05, 3.63) is 54.6 Å². The minimum absolute atomic E-state index is 0.0368. The van der Waals surface area contributed by atoms with Crippen LogP contribution in [0, 0.1) is 5.82 Å². The van der Waals surface area contributed by atoms with Crippen LogP contribution in [0.1, 0.15) is 38.5 Å². The van der Waals surface area contributed by atoms with Crippen LogP contribution in [0.5, 0.6) is 6.01 Å². The number of hydrogen-bond acceptors (Lipinski definition) is 9. The van der Waals surface area contributed by atoms with Crippen molar-refractivity contribution in [3.8, 4) is 28.5 Å². The number of ether oxygens (including phenoxy) is 1. The smallest absolute Gasteiger partial charge is 0.319 e. The lowest BCUT2D eigenvalue weighted by Gasteiger charge is -2.34. The first kappa shape index (κ1) is 26.2. The Labute approximate surface area is 254 Å². The fraction of sp³-hybridized carbons (Fsp3) is 0.424. The Kier molecular flexibility index (Phi) is 6.06. The average molecular weight is 592 g/mol. The number of benzene rings is 2. The summed E-state index contributed by atoms with van der Waals surface area (Å²) in [7, 11) is 0. The van der Waals surface area contributed by atoms with Gasteiger partial charge in [0.15, 0.2) is 5.82 Å². The summed E-state index contributed by atoms with van der Waals surface area (Å²) in [5, 5.41) is 17.1. The zero-order valence-electron chi connectivity index (χ0n) is 24.5. The van der Waals surface area contributed by atoms with Crippen LogP contribution < -0.4 is 15.0 Å². The molecule has 4 aliphatic heterocycles. The van der Waals surface area contributed by atoms with E-state index < -0.39 is 5.82 Å². The lowest BCUT2D eigenvalue weighted by atomic mass is 9.95. The number of hydrogen-bond donors (Lipinski definition) is 2. The van der Waals surface area contributed by atoms with Crippen LogP contribution in [0.15, 0.2) is 48.8 Å². The molecule has 2 bridgehead atoms. The molecular formula is C33H34FN9O. The van der Waals surface area contributed by atoms with E-state index in [1.807, 2.05) is 36.4 Å². The predicted octanol–water partition coefficient (Wildman–Crippen LogP) is 4.72. The summed E-state index contributed by atoms with van der Waals surface area (Å²) in [6.45, 7) is 4.37. The second kappa shape index (κ2) is 10.2. The molecule has 44 heavy (non-hydrogen) atoms. The molecule has 2 aromatic carbocycles. The first-order chi connectivity index (χ1) is 21.6. The van der Waals surface area contributed by atoms with Crippen molar-refractivity contribution in [2.75, 3.05) is 37.7 Å². The highest BCUT2D eigenvalue weighted by Crippen LogP contribution is 2.41. The molecule has 11 heteroatoms. The van der Waals surface area contributed by atoms with Gasteiger partial charge in [-0.1, -0.05) is 36.4 Å². The summed E-state index contributed by atoms with van der Waals surface area (Å²) in [4.78, 5) is 19.3. The first-order valence-electron chi connectivity index (χ1n) is 15.8. The van der Waals surface area contributed by atoms with Gasteiger partial charge >= 0.3 is 6.01 Å². The molecule has 5 aromatic rings. The number of pyridine rings is 1. The Morgan fingerprint density at radius 1 is 0.955 bits per heavy atom. The summed E-state index contributed by atoms with van der Waals surface area (Å²) < 4.78 is 23.4. The molecule has 0 radical (unpaired) electrons. The Morgan fingerprint density at radius 2 is 1.73 bits per heavy atom. The van der Waals surface area contributed by atoms with Gasteiger partial charge in [-0.25, -0.2) is 4.39 Å².